The summed E-state index contributed by atoms with van der Waals surface area (Å²) >= 11 is 5.97. The van der Waals surface area contributed by atoms with Crippen LogP contribution in [0.5, 0.6) is 11.5 Å². The summed E-state index contributed by atoms with van der Waals surface area (Å²) < 4.78 is 36.2. The van der Waals surface area contributed by atoms with E-state index < -0.39 is 10.0 Å². The Morgan fingerprint density at radius 1 is 1.10 bits per heavy atom. The van der Waals surface area contributed by atoms with Crippen molar-refractivity contribution in [3.05, 3.63) is 52.5 Å². The van der Waals surface area contributed by atoms with Crippen molar-refractivity contribution in [3.63, 3.8) is 0 Å². The first-order chi connectivity index (χ1) is 14.2. The van der Waals surface area contributed by atoms with Gasteiger partial charge >= 0.3 is 0 Å². The lowest BCUT2D eigenvalue weighted by molar-refractivity contribution is -0.121. The molecule has 0 aliphatic carbocycles. The van der Waals surface area contributed by atoms with Gasteiger partial charge in [-0.1, -0.05) is 17.7 Å². The number of nitrogens with zero attached hydrogens (tertiary/aromatic N) is 1. The van der Waals surface area contributed by atoms with Crippen LogP contribution in [0.1, 0.15) is 24.0 Å². The molecule has 9 heteroatoms. The lowest BCUT2D eigenvalue weighted by Gasteiger charge is -2.24. The van der Waals surface area contributed by atoms with E-state index in [4.69, 9.17) is 21.1 Å². The monoisotopic (exact) mass is 454 g/mol. The highest BCUT2D eigenvalue weighted by Crippen LogP contribution is 2.28. The van der Waals surface area contributed by atoms with Gasteiger partial charge in [0.15, 0.2) is 11.5 Å². The molecule has 2 aromatic rings. The standard InChI is InChI=1S/C21H27ClN2O5S/c1-15-12-17(22)8-9-18(15)24(30(4,26)27)11-5-6-21(25)23-14-16-7-10-19(28-2)20(13-16)29-3/h7-10,12-13H,5-6,11,14H2,1-4H3,(H,23,25). The summed E-state index contributed by atoms with van der Waals surface area (Å²) in [5.74, 6) is 1.04. The van der Waals surface area contributed by atoms with Crippen LogP contribution >= 0.6 is 11.6 Å². The minimum Gasteiger partial charge on any atom is -0.493 e. The summed E-state index contributed by atoms with van der Waals surface area (Å²) in [5.41, 5.74) is 2.19. The van der Waals surface area contributed by atoms with Gasteiger partial charge in [-0.3, -0.25) is 9.10 Å². The van der Waals surface area contributed by atoms with Gasteiger partial charge in [-0.25, -0.2) is 8.42 Å². The molecule has 0 unspecified atom stereocenters. The molecule has 0 spiro atoms. The van der Waals surface area contributed by atoms with E-state index in [2.05, 4.69) is 5.32 Å². The van der Waals surface area contributed by atoms with Crippen LogP contribution in [0.25, 0.3) is 0 Å². The third-order valence-corrected chi connectivity index (χ3v) is 5.95. The number of hydrogen-bond donors (Lipinski definition) is 1. The molecule has 1 N–H and O–H groups in total. The maximum atomic E-state index is 12.2. The van der Waals surface area contributed by atoms with Crippen LogP contribution in [0.4, 0.5) is 5.69 Å². The van der Waals surface area contributed by atoms with Crippen LogP contribution in [0, 0.1) is 6.92 Å². The molecular formula is C21H27ClN2O5S. The molecule has 2 aromatic carbocycles. The third kappa shape index (κ3) is 6.53. The number of hydrogen-bond acceptors (Lipinski definition) is 5. The number of rotatable bonds is 10. The molecule has 1 amide bonds. The quantitative estimate of drug-likeness (QED) is 0.593. The van der Waals surface area contributed by atoms with Gasteiger partial charge in [0.1, 0.15) is 0 Å². The van der Waals surface area contributed by atoms with E-state index in [1.807, 2.05) is 6.07 Å². The van der Waals surface area contributed by atoms with Crippen molar-refractivity contribution in [2.24, 2.45) is 0 Å². The molecule has 0 bridgehead atoms. The number of carbonyl (C=O) groups excluding carboxylic acids is 1. The number of carbonyl (C=O) groups is 1. The number of sulfonamides is 1. The van der Waals surface area contributed by atoms with Crippen LogP contribution in [0.3, 0.4) is 0 Å². The first kappa shape index (κ1) is 23.8. The highest BCUT2D eigenvalue weighted by Gasteiger charge is 2.19. The fraction of sp³-hybridized carbons (Fsp3) is 0.381. The molecule has 30 heavy (non-hydrogen) atoms. The minimum absolute atomic E-state index is 0.161. The smallest absolute Gasteiger partial charge is 0.232 e. The zero-order valence-corrected chi connectivity index (χ0v) is 19.1. The van der Waals surface area contributed by atoms with Crippen molar-refractivity contribution in [1.29, 1.82) is 0 Å². The van der Waals surface area contributed by atoms with Gasteiger partial charge in [0.05, 0.1) is 26.2 Å². The predicted molar refractivity (Wildman–Crippen MR) is 119 cm³/mol. The van der Waals surface area contributed by atoms with Gasteiger partial charge in [-0.15, -0.1) is 0 Å². The van der Waals surface area contributed by atoms with Gasteiger partial charge in [0.2, 0.25) is 15.9 Å². The second-order valence-electron chi connectivity index (χ2n) is 6.84. The zero-order chi connectivity index (χ0) is 22.3. The first-order valence-corrected chi connectivity index (χ1v) is 11.6. The molecule has 2 rings (SSSR count). The number of anilines is 1. The molecule has 0 aliphatic heterocycles. The summed E-state index contributed by atoms with van der Waals surface area (Å²) in [6.07, 6.45) is 1.73. The second-order valence-corrected chi connectivity index (χ2v) is 9.18. The van der Waals surface area contributed by atoms with Crippen LogP contribution in [-0.2, 0) is 21.4 Å². The maximum absolute atomic E-state index is 12.2. The number of ether oxygens (including phenoxy) is 2. The fourth-order valence-corrected chi connectivity index (χ4v) is 4.28. The summed E-state index contributed by atoms with van der Waals surface area (Å²) in [5, 5.41) is 3.38. The Hall–Kier alpha value is -2.45. The normalized spacial score (nSPS) is 11.1. The average Bonchev–Trinajstić information content (AvgIpc) is 2.69. The molecule has 0 fully saturated rings. The number of methoxy groups -OCH3 is 2. The van der Waals surface area contributed by atoms with E-state index in [-0.39, 0.29) is 18.9 Å². The summed E-state index contributed by atoms with van der Waals surface area (Å²) in [6, 6.07) is 10.5. The highest BCUT2D eigenvalue weighted by atomic mass is 35.5. The Labute approximate surface area is 183 Å². The molecular weight excluding hydrogens is 428 g/mol. The van der Waals surface area contributed by atoms with Crippen molar-refractivity contribution < 1.29 is 22.7 Å². The Balaban J connectivity index is 1.93. The van der Waals surface area contributed by atoms with Gasteiger partial charge in [0.25, 0.3) is 0 Å². The molecule has 7 nitrogen and oxygen atoms in total. The van der Waals surface area contributed by atoms with E-state index in [9.17, 15) is 13.2 Å². The average molecular weight is 455 g/mol. The van der Waals surface area contributed by atoms with Crippen molar-refractivity contribution in [3.8, 4) is 11.5 Å². The summed E-state index contributed by atoms with van der Waals surface area (Å²) in [4.78, 5) is 12.2. The molecule has 0 saturated heterocycles. The van der Waals surface area contributed by atoms with E-state index >= 15 is 0 Å². The Kier molecular flexibility index (Phi) is 8.37. The number of nitrogens with one attached hydrogen (secondary N) is 1. The molecule has 164 valence electrons. The molecule has 0 radical (unpaired) electrons. The Bertz CT molecular complexity index is 995. The van der Waals surface area contributed by atoms with Gasteiger partial charge < -0.3 is 14.8 Å². The van der Waals surface area contributed by atoms with Crippen LogP contribution in [-0.4, -0.2) is 41.3 Å². The summed E-state index contributed by atoms with van der Waals surface area (Å²) in [6.45, 7) is 2.34. The topological polar surface area (TPSA) is 84.9 Å². The lowest BCUT2D eigenvalue weighted by Crippen LogP contribution is -2.32. The van der Waals surface area contributed by atoms with Crippen LogP contribution in [0.15, 0.2) is 36.4 Å². The van der Waals surface area contributed by atoms with E-state index in [1.165, 1.54) is 4.31 Å². The van der Waals surface area contributed by atoms with E-state index in [1.54, 1.807) is 51.5 Å². The molecule has 0 aromatic heterocycles. The molecule has 0 heterocycles. The zero-order valence-electron chi connectivity index (χ0n) is 17.6. The van der Waals surface area contributed by atoms with Gasteiger partial charge in [-0.2, -0.15) is 0 Å². The lowest BCUT2D eigenvalue weighted by atomic mass is 10.2. The van der Waals surface area contributed by atoms with E-state index in [0.29, 0.717) is 35.2 Å². The second kappa shape index (κ2) is 10.5. The molecule has 0 aliphatic rings. The number of benzene rings is 2. The van der Waals surface area contributed by atoms with Crippen LogP contribution < -0.4 is 19.1 Å². The van der Waals surface area contributed by atoms with E-state index in [0.717, 1.165) is 17.4 Å². The number of aryl methyl sites for hydroxylation is 1. The Morgan fingerprint density at radius 2 is 1.80 bits per heavy atom. The van der Waals surface area contributed by atoms with Crippen LogP contribution in [0.2, 0.25) is 5.02 Å². The molecule has 0 atom stereocenters. The SMILES string of the molecule is COc1ccc(CNC(=O)CCCN(c2ccc(Cl)cc2C)S(C)(=O)=O)cc1OC. The highest BCUT2D eigenvalue weighted by molar-refractivity contribution is 7.92. The third-order valence-electron chi connectivity index (χ3n) is 4.53. The van der Waals surface area contributed by atoms with Crippen molar-refractivity contribution in [1.82, 2.24) is 5.32 Å². The van der Waals surface area contributed by atoms with Crippen molar-refractivity contribution in [2.45, 2.75) is 26.3 Å². The minimum atomic E-state index is -3.49. The Morgan fingerprint density at radius 3 is 2.40 bits per heavy atom. The molecule has 0 saturated carbocycles. The first-order valence-electron chi connectivity index (χ1n) is 9.37. The largest absolute Gasteiger partial charge is 0.493 e. The van der Waals surface area contributed by atoms with Crippen molar-refractivity contribution in [2.75, 3.05) is 31.3 Å². The van der Waals surface area contributed by atoms with Gasteiger partial charge in [0, 0.05) is 24.5 Å². The number of halogens is 1. The maximum Gasteiger partial charge on any atom is 0.232 e. The van der Waals surface area contributed by atoms with Gasteiger partial charge in [-0.05, 0) is 54.8 Å². The van der Waals surface area contributed by atoms with Crippen molar-refractivity contribution >= 4 is 33.2 Å². The number of amides is 1. The fourth-order valence-electron chi connectivity index (χ4n) is 3.03. The predicted octanol–water partition coefficient (Wildman–Crippen LogP) is 3.53. The summed E-state index contributed by atoms with van der Waals surface area (Å²) in [7, 11) is -0.376.